The summed E-state index contributed by atoms with van der Waals surface area (Å²) in [7, 11) is -9.82. The third kappa shape index (κ3) is 91.2. The number of ether oxygens (including phenoxy) is 3. The second-order valence-electron chi connectivity index (χ2n) is 30.3. The number of allylic oxidation sites excluding steroid dienone is 30. The molecule has 5 unspecified atom stereocenters. The molecule has 0 aromatic rings. The number of carbonyl (C=O) groups is 3. The number of esters is 3. The standard InChI is InChI=1S/C99H166O16P2/c1-4-7-10-13-16-19-22-25-28-31-34-36-38-40-42-44-46-48-50-52-54-56-59-61-64-67-70-73-76-79-82-85-97(102)109-88-94(100)89-111-116(105,106)112-90-95(101)91-113-117(107,108)114-93-96(115-99(104)87-84-81-78-75-72-69-66-63-58-33-30-27-24-21-18-15-12-9-6-3)92-110-98(103)86-83-80-77-74-71-68-65-62-60-57-55-53-51-49-47-45-43-41-39-37-35-32-29-26-23-20-17-14-11-8-5-2/h7-12,16-21,25-30,34-37,40-43,46,48,58,63,94-96,100-101H,4-6,13-15,22-24,31-33,38-39,44-45,47,49-57,59-62,64-93H2,1-3H3,(H,105,106)(H,107,108)/b10-7-,11-8-,12-9-,19-16-,20-17-,21-18-,28-25-,29-26-,30-27-,36-34-,37-35-,42-40-,43-41-,48-46-,63-58-. The Hall–Kier alpha value is -5.35. The second kappa shape index (κ2) is 89.9. The molecule has 0 aliphatic carbocycles. The van der Waals surface area contributed by atoms with E-state index in [1.807, 2.05) is 0 Å². The van der Waals surface area contributed by atoms with Crippen molar-refractivity contribution >= 4 is 33.6 Å². The zero-order chi connectivity index (χ0) is 85.1. The van der Waals surface area contributed by atoms with Crippen molar-refractivity contribution in [2.75, 3.05) is 39.6 Å². The highest BCUT2D eigenvalue weighted by atomic mass is 31.2. The van der Waals surface area contributed by atoms with Crippen molar-refractivity contribution in [1.29, 1.82) is 0 Å². The Morgan fingerprint density at radius 3 is 0.675 bits per heavy atom. The van der Waals surface area contributed by atoms with E-state index in [2.05, 4.69) is 203 Å². The molecule has 0 aromatic carbocycles. The van der Waals surface area contributed by atoms with E-state index in [4.69, 9.17) is 32.3 Å². The van der Waals surface area contributed by atoms with E-state index in [1.54, 1.807) is 0 Å². The van der Waals surface area contributed by atoms with Crippen molar-refractivity contribution in [1.82, 2.24) is 0 Å². The van der Waals surface area contributed by atoms with E-state index in [1.165, 1.54) is 128 Å². The van der Waals surface area contributed by atoms with Crippen LogP contribution in [-0.4, -0.2) is 95.9 Å². The number of rotatable bonds is 86. The zero-order valence-electron chi connectivity index (χ0n) is 73.6. The summed E-state index contributed by atoms with van der Waals surface area (Å²) in [5.41, 5.74) is 0. The predicted octanol–water partition coefficient (Wildman–Crippen LogP) is 28.4. The van der Waals surface area contributed by atoms with Gasteiger partial charge < -0.3 is 34.2 Å². The predicted molar refractivity (Wildman–Crippen MR) is 491 cm³/mol. The third-order valence-corrected chi connectivity index (χ3v) is 21.0. The molecule has 0 aromatic heterocycles. The lowest BCUT2D eigenvalue weighted by Gasteiger charge is -2.21. The lowest BCUT2D eigenvalue weighted by Crippen LogP contribution is -2.30. The number of aliphatic hydroxyl groups excluding tert-OH is 2. The van der Waals surface area contributed by atoms with Crippen LogP contribution in [0, 0.1) is 0 Å². The molecule has 668 valence electrons. The Morgan fingerprint density at radius 2 is 0.427 bits per heavy atom. The summed E-state index contributed by atoms with van der Waals surface area (Å²) in [6, 6.07) is 0. The normalized spacial score (nSPS) is 14.6. The fourth-order valence-electron chi connectivity index (χ4n) is 12.2. The highest BCUT2D eigenvalue weighted by Crippen LogP contribution is 2.45. The number of hydrogen-bond donors (Lipinski definition) is 4. The molecule has 0 saturated carbocycles. The summed E-state index contributed by atoms with van der Waals surface area (Å²) in [5, 5.41) is 20.7. The molecule has 0 spiro atoms. The summed E-state index contributed by atoms with van der Waals surface area (Å²) < 4.78 is 61.5. The molecule has 0 heterocycles. The lowest BCUT2D eigenvalue weighted by atomic mass is 10.0. The first kappa shape index (κ1) is 112. The first-order valence-electron chi connectivity index (χ1n) is 46.1. The van der Waals surface area contributed by atoms with Crippen LogP contribution in [0.3, 0.4) is 0 Å². The molecule has 0 amide bonds. The van der Waals surface area contributed by atoms with Crippen LogP contribution in [0.4, 0.5) is 0 Å². The fourth-order valence-corrected chi connectivity index (χ4v) is 13.8. The Kier molecular flexibility index (Phi) is 85.8. The molecule has 0 radical (unpaired) electrons. The van der Waals surface area contributed by atoms with E-state index >= 15 is 0 Å². The summed E-state index contributed by atoms with van der Waals surface area (Å²) in [6.45, 7) is 2.36. The van der Waals surface area contributed by atoms with Crippen LogP contribution in [0.2, 0.25) is 0 Å². The molecule has 18 heteroatoms. The minimum absolute atomic E-state index is 0.0846. The zero-order valence-corrected chi connectivity index (χ0v) is 75.4. The van der Waals surface area contributed by atoms with E-state index in [9.17, 15) is 43.5 Å². The van der Waals surface area contributed by atoms with Gasteiger partial charge in [0.15, 0.2) is 6.10 Å². The van der Waals surface area contributed by atoms with Gasteiger partial charge in [0.1, 0.15) is 25.4 Å². The van der Waals surface area contributed by atoms with Gasteiger partial charge in [0, 0.05) is 19.3 Å². The van der Waals surface area contributed by atoms with Crippen molar-refractivity contribution in [3.63, 3.8) is 0 Å². The molecular formula is C99H166O16P2. The number of hydrogen-bond acceptors (Lipinski definition) is 14. The van der Waals surface area contributed by atoms with Crippen molar-refractivity contribution in [2.45, 2.75) is 386 Å². The molecule has 0 rings (SSSR count). The van der Waals surface area contributed by atoms with E-state index in [0.29, 0.717) is 19.3 Å². The van der Waals surface area contributed by atoms with E-state index in [-0.39, 0.29) is 19.3 Å². The number of unbranched alkanes of at least 4 members (excludes halogenated alkanes) is 33. The molecule has 0 bridgehead atoms. The van der Waals surface area contributed by atoms with Crippen LogP contribution in [0.25, 0.3) is 0 Å². The highest BCUT2D eigenvalue weighted by Gasteiger charge is 2.29. The quantitative estimate of drug-likeness (QED) is 0.0146. The maximum Gasteiger partial charge on any atom is 0.472 e. The van der Waals surface area contributed by atoms with E-state index in [0.717, 1.165) is 180 Å². The maximum atomic E-state index is 13.1. The van der Waals surface area contributed by atoms with Crippen molar-refractivity contribution in [3.8, 4) is 0 Å². The Morgan fingerprint density at radius 1 is 0.239 bits per heavy atom. The first-order chi connectivity index (χ1) is 57.2. The molecule has 4 N–H and O–H groups in total. The summed E-state index contributed by atoms with van der Waals surface area (Å²) in [5.74, 6) is -1.59. The fraction of sp³-hybridized carbons (Fsp3) is 0.667. The molecule has 16 nitrogen and oxygen atoms in total. The minimum atomic E-state index is -4.95. The number of carbonyl (C=O) groups excluding carboxylic acids is 3. The molecule has 0 saturated heterocycles. The average Bonchev–Trinajstić information content (AvgIpc) is 0.891. The molecule has 117 heavy (non-hydrogen) atoms. The van der Waals surface area contributed by atoms with Gasteiger partial charge in [-0.3, -0.25) is 32.5 Å². The smallest absolute Gasteiger partial charge is 0.463 e. The molecule has 0 aliphatic heterocycles. The first-order valence-corrected chi connectivity index (χ1v) is 49.1. The van der Waals surface area contributed by atoms with Crippen LogP contribution in [0.1, 0.15) is 367 Å². The molecular weight excluding hydrogens is 1510 g/mol. The van der Waals surface area contributed by atoms with Crippen LogP contribution in [-0.2, 0) is 55.8 Å². The maximum absolute atomic E-state index is 13.1. The summed E-state index contributed by atoms with van der Waals surface area (Å²) >= 11 is 0. The molecule has 0 fully saturated rings. The topological polar surface area (TPSA) is 231 Å². The molecule has 5 atom stereocenters. The van der Waals surface area contributed by atoms with Gasteiger partial charge in [0.25, 0.3) is 0 Å². The third-order valence-electron chi connectivity index (χ3n) is 19.1. The number of phosphoric acid groups is 2. The summed E-state index contributed by atoms with van der Waals surface area (Å²) in [6.07, 6.45) is 118. The van der Waals surface area contributed by atoms with Crippen molar-refractivity contribution in [2.24, 2.45) is 0 Å². The van der Waals surface area contributed by atoms with Crippen LogP contribution in [0.15, 0.2) is 182 Å². The van der Waals surface area contributed by atoms with Gasteiger partial charge in [-0.2, -0.15) is 0 Å². The largest absolute Gasteiger partial charge is 0.472 e. The number of phosphoric ester groups is 2. The van der Waals surface area contributed by atoms with Gasteiger partial charge >= 0.3 is 33.6 Å². The van der Waals surface area contributed by atoms with Crippen molar-refractivity contribution in [3.05, 3.63) is 182 Å². The number of aliphatic hydroxyl groups is 2. The van der Waals surface area contributed by atoms with Crippen LogP contribution >= 0.6 is 15.6 Å². The Balaban J connectivity index is 4.57. The minimum Gasteiger partial charge on any atom is -0.463 e. The van der Waals surface area contributed by atoms with Crippen LogP contribution in [0.5, 0.6) is 0 Å². The van der Waals surface area contributed by atoms with Gasteiger partial charge in [0.05, 0.1) is 26.4 Å². The van der Waals surface area contributed by atoms with Gasteiger partial charge in [0.2, 0.25) is 0 Å². The monoisotopic (exact) mass is 1670 g/mol. The highest BCUT2D eigenvalue weighted by molar-refractivity contribution is 7.47. The van der Waals surface area contributed by atoms with Gasteiger partial charge in [-0.15, -0.1) is 0 Å². The van der Waals surface area contributed by atoms with Crippen LogP contribution < -0.4 is 0 Å². The lowest BCUT2D eigenvalue weighted by molar-refractivity contribution is -0.161. The van der Waals surface area contributed by atoms with Gasteiger partial charge in [-0.05, 0) is 154 Å². The molecule has 0 aliphatic rings. The Labute approximate surface area is 713 Å². The Bertz CT molecular complexity index is 2860. The van der Waals surface area contributed by atoms with Crippen molar-refractivity contribution < 1.29 is 75.8 Å². The SMILES string of the molecule is CC/C=C\C/C=C\C/C=C\C/C=C\C/C=C\C/C=C\CCCCCCCCCCCCCCC(=O)OCC(O)COP(=O)(O)OCC(O)COP(=O)(O)OCC(COC(=O)CCCCCCCCCCCCCCCCC/C=C\C/C=C\C/C=C\C/C=C\C/C=C\CC)OC(=O)CCCCCCCC/C=C\C/C=C\C/C=C\C/C=C\CC. The second-order valence-corrected chi connectivity index (χ2v) is 33.2. The van der Waals surface area contributed by atoms with Gasteiger partial charge in [-0.25, -0.2) is 9.13 Å². The van der Waals surface area contributed by atoms with E-state index < -0.39 is 91.5 Å². The summed E-state index contributed by atoms with van der Waals surface area (Å²) in [4.78, 5) is 59.0. The van der Waals surface area contributed by atoms with Gasteiger partial charge in [-0.1, -0.05) is 376 Å². The average molecular weight is 1670 g/mol.